The number of carboxylic acids is 1. The van der Waals surface area contributed by atoms with Crippen LogP contribution in [0, 0.1) is 0 Å². The predicted molar refractivity (Wildman–Crippen MR) is 61.8 cm³/mol. The summed E-state index contributed by atoms with van der Waals surface area (Å²) in [4.78, 5) is 21.6. The van der Waals surface area contributed by atoms with Crippen LogP contribution >= 0.6 is 0 Å². The molecule has 0 aliphatic carbocycles. The van der Waals surface area contributed by atoms with E-state index in [1.807, 2.05) is 13.8 Å². The van der Waals surface area contributed by atoms with E-state index in [0.717, 1.165) is 6.42 Å². The summed E-state index contributed by atoms with van der Waals surface area (Å²) in [5, 5.41) is 11.1. The number of hydrogen-bond donors (Lipinski definition) is 2. The molecule has 0 heterocycles. The van der Waals surface area contributed by atoms with Crippen molar-refractivity contribution in [1.82, 2.24) is 5.32 Å². The number of amides is 1. The summed E-state index contributed by atoms with van der Waals surface area (Å²) in [5.74, 6) is -1.40. The second-order valence-corrected chi connectivity index (χ2v) is 3.91. The lowest BCUT2D eigenvalue weighted by atomic mass is 10.4. The van der Waals surface area contributed by atoms with Crippen molar-refractivity contribution in [2.24, 2.45) is 0 Å². The van der Waals surface area contributed by atoms with E-state index in [-0.39, 0.29) is 18.6 Å². The fraction of sp³-hybridized carbons (Fsp3) is 0.818. The van der Waals surface area contributed by atoms with Gasteiger partial charge in [0.2, 0.25) is 5.91 Å². The van der Waals surface area contributed by atoms with Gasteiger partial charge in [-0.05, 0) is 27.2 Å². The van der Waals surface area contributed by atoms with E-state index in [1.165, 1.54) is 6.92 Å². The summed E-state index contributed by atoms with van der Waals surface area (Å²) < 4.78 is 10.1. The molecule has 0 saturated carbocycles. The monoisotopic (exact) mass is 247 g/mol. The van der Waals surface area contributed by atoms with Crippen LogP contribution in [-0.4, -0.2) is 48.9 Å². The lowest BCUT2D eigenvalue weighted by molar-refractivity contribution is -0.150. The molecular formula is C11H21NO5. The van der Waals surface area contributed by atoms with Crippen LogP contribution in [0.2, 0.25) is 0 Å². The number of nitrogens with one attached hydrogen (secondary N) is 1. The summed E-state index contributed by atoms with van der Waals surface area (Å²) in [5.41, 5.74) is 0. The van der Waals surface area contributed by atoms with Crippen LogP contribution < -0.4 is 5.32 Å². The van der Waals surface area contributed by atoms with E-state index in [0.29, 0.717) is 13.2 Å². The number of carbonyl (C=O) groups is 2. The molecule has 6 nitrogen and oxygen atoms in total. The van der Waals surface area contributed by atoms with Crippen molar-refractivity contribution in [3.8, 4) is 0 Å². The van der Waals surface area contributed by atoms with Crippen molar-refractivity contribution < 1.29 is 24.2 Å². The maximum absolute atomic E-state index is 11.2. The SMILES string of the molecule is CC(C)OCCCNC(=O)COC(C)C(=O)O. The fourth-order valence-corrected chi connectivity index (χ4v) is 0.942. The van der Waals surface area contributed by atoms with Gasteiger partial charge in [0.05, 0.1) is 6.10 Å². The molecule has 2 N–H and O–H groups in total. The lowest BCUT2D eigenvalue weighted by Gasteiger charge is -2.10. The Morgan fingerprint density at radius 2 is 1.88 bits per heavy atom. The smallest absolute Gasteiger partial charge is 0.332 e. The molecule has 0 fully saturated rings. The van der Waals surface area contributed by atoms with Gasteiger partial charge in [-0.1, -0.05) is 0 Å². The number of ether oxygens (including phenoxy) is 2. The molecule has 1 atom stereocenters. The van der Waals surface area contributed by atoms with Crippen molar-refractivity contribution in [2.45, 2.75) is 39.4 Å². The quantitative estimate of drug-likeness (QED) is 0.576. The zero-order valence-corrected chi connectivity index (χ0v) is 10.6. The van der Waals surface area contributed by atoms with Crippen molar-refractivity contribution >= 4 is 11.9 Å². The first kappa shape index (κ1) is 15.9. The van der Waals surface area contributed by atoms with E-state index >= 15 is 0 Å². The minimum absolute atomic E-state index is 0.186. The third-order valence-electron chi connectivity index (χ3n) is 1.91. The van der Waals surface area contributed by atoms with Gasteiger partial charge in [0.15, 0.2) is 6.10 Å². The number of rotatable bonds is 9. The minimum atomic E-state index is -1.08. The number of carboxylic acid groups (broad SMARTS) is 1. The van der Waals surface area contributed by atoms with Crippen LogP contribution in [0.25, 0.3) is 0 Å². The summed E-state index contributed by atoms with van der Waals surface area (Å²) in [7, 11) is 0. The first-order valence-electron chi connectivity index (χ1n) is 5.66. The van der Waals surface area contributed by atoms with E-state index < -0.39 is 12.1 Å². The molecule has 0 aromatic heterocycles. The lowest BCUT2D eigenvalue weighted by Crippen LogP contribution is -2.32. The molecule has 0 aliphatic rings. The predicted octanol–water partition coefficient (Wildman–Crippen LogP) is 0.407. The van der Waals surface area contributed by atoms with Gasteiger partial charge in [0, 0.05) is 13.2 Å². The molecule has 1 amide bonds. The zero-order chi connectivity index (χ0) is 13.3. The Hall–Kier alpha value is -1.14. The Bertz CT molecular complexity index is 242. The van der Waals surface area contributed by atoms with E-state index in [1.54, 1.807) is 0 Å². The second kappa shape index (κ2) is 8.95. The van der Waals surface area contributed by atoms with Crippen molar-refractivity contribution in [2.75, 3.05) is 19.8 Å². The van der Waals surface area contributed by atoms with Gasteiger partial charge in [-0.2, -0.15) is 0 Å². The van der Waals surface area contributed by atoms with Crippen molar-refractivity contribution in [3.05, 3.63) is 0 Å². The Labute approximate surface area is 101 Å². The van der Waals surface area contributed by atoms with Crippen molar-refractivity contribution in [1.29, 1.82) is 0 Å². The Kier molecular flexibility index (Phi) is 8.35. The first-order valence-corrected chi connectivity index (χ1v) is 5.66. The molecule has 0 radical (unpaired) electrons. The molecule has 0 bridgehead atoms. The van der Waals surface area contributed by atoms with Crippen LogP contribution in [0.3, 0.4) is 0 Å². The third-order valence-corrected chi connectivity index (χ3v) is 1.91. The average molecular weight is 247 g/mol. The van der Waals surface area contributed by atoms with Gasteiger partial charge in [-0.15, -0.1) is 0 Å². The topological polar surface area (TPSA) is 84.9 Å². The minimum Gasteiger partial charge on any atom is -0.479 e. The summed E-state index contributed by atoms with van der Waals surface area (Å²) >= 11 is 0. The van der Waals surface area contributed by atoms with Crippen LogP contribution in [-0.2, 0) is 19.1 Å². The fourth-order valence-electron chi connectivity index (χ4n) is 0.942. The zero-order valence-electron chi connectivity index (χ0n) is 10.6. The second-order valence-electron chi connectivity index (χ2n) is 3.91. The van der Waals surface area contributed by atoms with Crippen LogP contribution in [0.4, 0.5) is 0 Å². The number of carbonyl (C=O) groups excluding carboxylic acids is 1. The molecule has 100 valence electrons. The van der Waals surface area contributed by atoms with Gasteiger partial charge < -0.3 is 19.9 Å². The largest absolute Gasteiger partial charge is 0.479 e. The highest BCUT2D eigenvalue weighted by Gasteiger charge is 2.12. The third kappa shape index (κ3) is 9.77. The van der Waals surface area contributed by atoms with Gasteiger partial charge in [0.25, 0.3) is 0 Å². The first-order chi connectivity index (χ1) is 7.93. The summed E-state index contributed by atoms with van der Waals surface area (Å²) in [6.07, 6.45) is -0.0613. The number of aliphatic carboxylic acids is 1. The van der Waals surface area contributed by atoms with Crippen molar-refractivity contribution in [3.63, 3.8) is 0 Å². The maximum Gasteiger partial charge on any atom is 0.332 e. The normalized spacial score (nSPS) is 12.5. The Morgan fingerprint density at radius 1 is 1.24 bits per heavy atom. The number of hydrogen-bond acceptors (Lipinski definition) is 4. The van der Waals surface area contributed by atoms with Gasteiger partial charge in [0.1, 0.15) is 6.61 Å². The van der Waals surface area contributed by atoms with Crippen LogP contribution in [0.1, 0.15) is 27.2 Å². The molecule has 0 saturated heterocycles. The van der Waals surface area contributed by atoms with E-state index in [9.17, 15) is 9.59 Å². The van der Waals surface area contributed by atoms with Gasteiger partial charge >= 0.3 is 5.97 Å². The molecule has 0 aromatic rings. The molecule has 1 unspecified atom stereocenters. The molecule has 6 heteroatoms. The molecule has 0 aliphatic heterocycles. The molecule has 0 aromatic carbocycles. The highest BCUT2D eigenvalue weighted by atomic mass is 16.5. The van der Waals surface area contributed by atoms with E-state index in [4.69, 9.17) is 14.6 Å². The Balaban J connectivity index is 3.44. The highest BCUT2D eigenvalue weighted by molar-refractivity contribution is 5.78. The van der Waals surface area contributed by atoms with Crippen LogP contribution in [0.5, 0.6) is 0 Å². The molecule has 17 heavy (non-hydrogen) atoms. The van der Waals surface area contributed by atoms with E-state index in [2.05, 4.69) is 5.32 Å². The summed E-state index contributed by atoms with van der Waals surface area (Å²) in [6.45, 7) is 6.12. The Morgan fingerprint density at radius 3 is 2.41 bits per heavy atom. The summed E-state index contributed by atoms with van der Waals surface area (Å²) in [6, 6.07) is 0. The maximum atomic E-state index is 11.2. The standard InChI is InChI=1S/C11H21NO5/c1-8(2)16-6-4-5-12-10(13)7-17-9(3)11(14)15/h8-9H,4-7H2,1-3H3,(H,12,13)(H,14,15). The molecule has 0 rings (SSSR count). The highest BCUT2D eigenvalue weighted by Crippen LogP contribution is 1.91. The molecule has 0 spiro atoms. The average Bonchev–Trinajstić information content (AvgIpc) is 2.24. The molecular weight excluding hydrogens is 226 g/mol. The van der Waals surface area contributed by atoms with Gasteiger partial charge in [-0.3, -0.25) is 4.79 Å². The van der Waals surface area contributed by atoms with Crippen LogP contribution in [0.15, 0.2) is 0 Å². The van der Waals surface area contributed by atoms with Gasteiger partial charge in [-0.25, -0.2) is 4.79 Å².